The molecule has 0 amide bonds. The van der Waals surface area contributed by atoms with E-state index >= 15 is 0 Å². The minimum Gasteiger partial charge on any atom is -0.236 e. The molecule has 1 heterocycles. The molecule has 0 atom stereocenters. The molecule has 110 valence electrons. The van der Waals surface area contributed by atoms with Gasteiger partial charge >= 0.3 is 0 Å². The summed E-state index contributed by atoms with van der Waals surface area (Å²) in [4.78, 5) is 7.11. The lowest BCUT2D eigenvalue weighted by Gasteiger charge is -1.98. The van der Waals surface area contributed by atoms with Crippen LogP contribution in [0.15, 0.2) is 91.0 Å². The quantitative estimate of drug-likeness (QED) is 0.561. The second kappa shape index (κ2) is 5.93. The van der Waals surface area contributed by atoms with Crippen LogP contribution in [0, 0.1) is 0 Å². The maximum absolute atomic E-state index is 3.56. The van der Waals surface area contributed by atoms with Crippen LogP contribution in [-0.4, -0.2) is 4.98 Å². The van der Waals surface area contributed by atoms with Crippen LogP contribution in [0.2, 0.25) is 0 Å². The van der Waals surface area contributed by atoms with E-state index in [0.717, 1.165) is 22.8 Å². The minimum atomic E-state index is 1.02. The highest BCUT2D eigenvalue weighted by atomic mass is 14.9. The van der Waals surface area contributed by atoms with Crippen molar-refractivity contribution in [3.63, 3.8) is 0 Å². The Morgan fingerprint density at radius 3 is 1.57 bits per heavy atom. The van der Waals surface area contributed by atoms with E-state index < -0.39 is 0 Å². The van der Waals surface area contributed by atoms with E-state index in [2.05, 4.69) is 70.6 Å². The van der Waals surface area contributed by atoms with Crippen LogP contribution in [-0.2, 0) is 0 Å². The molecule has 2 N–H and O–H groups in total. The molecule has 0 unspecified atom stereocenters. The molecule has 0 saturated heterocycles. The van der Waals surface area contributed by atoms with Gasteiger partial charge in [-0.25, -0.2) is 9.97 Å². The Bertz CT molecular complexity index is 838. The maximum Gasteiger partial charge on any atom is 0.285 e. The molecule has 4 rings (SSSR count). The van der Waals surface area contributed by atoms with Gasteiger partial charge in [0.15, 0.2) is 11.4 Å². The Kier molecular flexibility index (Phi) is 3.49. The Hall–Kier alpha value is -3.13. The highest BCUT2D eigenvalue weighted by molar-refractivity contribution is 5.77. The van der Waals surface area contributed by atoms with Gasteiger partial charge < -0.3 is 0 Å². The second-order valence-electron chi connectivity index (χ2n) is 5.47. The first-order valence-corrected chi connectivity index (χ1v) is 7.73. The SMILES string of the molecule is c1ccc(-c2[nH]c(-c3ccccc3)c(-c3ccccc3)[nH+]2)cc1. The smallest absolute Gasteiger partial charge is 0.236 e. The van der Waals surface area contributed by atoms with Crippen LogP contribution in [0.25, 0.3) is 33.9 Å². The Morgan fingerprint density at radius 2 is 1.00 bits per heavy atom. The van der Waals surface area contributed by atoms with Crippen LogP contribution >= 0.6 is 0 Å². The highest BCUT2D eigenvalue weighted by Gasteiger charge is 2.21. The summed E-state index contributed by atoms with van der Waals surface area (Å²) < 4.78 is 0. The summed E-state index contributed by atoms with van der Waals surface area (Å²) in [5.74, 6) is 1.02. The van der Waals surface area contributed by atoms with Crippen LogP contribution < -0.4 is 4.98 Å². The molecular weight excluding hydrogens is 280 g/mol. The van der Waals surface area contributed by atoms with Gasteiger partial charge in [0.1, 0.15) is 0 Å². The summed E-state index contributed by atoms with van der Waals surface area (Å²) in [6.45, 7) is 0. The van der Waals surface area contributed by atoms with E-state index in [4.69, 9.17) is 0 Å². The van der Waals surface area contributed by atoms with Crippen molar-refractivity contribution < 1.29 is 4.98 Å². The number of aromatic nitrogens is 2. The maximum atomic E-state index is 3.56. The van der Waals surface area contributed by atoms with Gasteiger partial charge in [0.25, 0.3) is 5.82 Å². The normalized spacial score (nSPS) is 10.6. The molecular formula is C21H17N2+. The number of aromatic amines is 2. The van der Waals surface area contributed by atoms with Crippen LogP contribution in [0.3, 0.4) is 0 Å². The minimum absolute atomic E-state index is 1.02. The molecule has 0 aliphatic rings. The van der Waals surface area contributed by atoms with Gasteiger partial charge in [-0.2, -0.15) is 0 Å². The predicted octanol–water partition coefficient (Wildman–Crippen LogP) is 4.83. The number of hydrogen-bond donors (Lipinski definition) is 1. The lowest BCUT2D eigenvalue weighted by atomic mass is 10.1. The predicted molar refractivity (Wildman–Crippen MR) is 93.7 cm³/mol. The summed E-state index contributed by atoms with van der Waals surface area (Å²) in [6, 6.07) is 31.2. The molecule has 1 aromatic heterocycles. The molecule has 0 saturated carbocycles. The Morgan fingerprint density at radius 1 is 0.522 bits per heavy atom. The van der Waals surface area contributed by atoms with Crippen molar-refractivity contribution in [1.29, 1.82) is 0 Å². The average Bonchev–Trinajstić information content (AvgIpc) is 3.09. The van der Waals surface area contributed by atoms with Gasteiger partial charge in [-0.1, -0.05) is 78.9 Å². The fourth-order valence-electron chi connectivity index (χ4n) is 2.80. The third kappa shape index (κ3) is 2.67. The summed E-state index contributed by atoms with van der Waals surface area (Å²) in [5.41, 5.74) is 5.70. The van der Waals surface area contributed by atoms with E-state index in [1.54, 1.807) is 0 Å². The Balaban J connectivity index is 1.91. The molecule has 0 radical (unpaired) electrons. The molecule has 0 aliphatic heterocycles. The number of H-pyrrole nitrogens is 2. The highest BCUT2D eigenvalue weighted by Crippen LogP contribution is 2.29. The van der Waals surface area contributed by atoms with Gasteiger partial charge in [0, 0.05) is 11.1 Å². The zero-order valence-electron chi connectivity index (χ0n) is 12.7. The van der Waals surface area contributed by atoms with E-state index in [-0.39, 0.29) is 0 Å². The van der Waals surface area contributed by atoms with E-state index in [0.29, 0.717) is 0 Å². The first kappa shape index (κ1) is 13.5. The first-order valence-electron chi connectivity index (χ1n) is 7.73. The van der Waals surface area contributed by atoms with Gasteiger partial charge in [0.05, 0.1) is 5.56 Å². The monoisotopic (exact) mass is 297 g/mol. The summed E-state index contributed by atoms with van der Waals surface area (Å²) in [6.07, 6.45) is 0. The van der Waals surface area contributed by atoms with Crippen molar-refractivity contribution in [2.45, 2.75) is 0 Å². The number of imidazole rings is 1. The lowest BCUT2D eigenvalue weighted by Crippen LogP contribution is -2.05. The third-order valence-corrected chi connectivity index (χ3v) is 3.94. The average molecular weight is 297 g/mol. The van der Waals surface area contributed by atoms with Gasteiger partial charge in [-0.3, -0.25) is 0 Å². The Labute approximate surface area is 135 Å². The van der Waals surface area contributed by atoms with Crippen molar-refractivity contribution in [3.8, 4) is 33.9 Å². The van der Waals surface area contributed by atoms with Gasteiger partial charge in [-0.15, -0.1) is 0 Å². The summed E-state index contributed by atoms with van der Waals surface area (Å²) in [7, 11) is 0. The van der Waals surface area contributed by atoms with Gasteiger partial charge in [0.2, 0.25) is 0 Å². The van der Waals surface area contributed by atoms with E-state index in [1.165, 1.54) is 11.1 Å². The number of hydrogen-bond acceptors (Lipinski definition) is 0. The summed E-state index contributed by atoms with van der Waals surface area (Å²) >= 11 is 0. The summed E-state index contributed by atoms with van der Waals surface area (Å²) in [5, 5.41) is 0. The zero-order chi connectivity index (χ0) is 15.5. The lowest BCUT2D eigenvalue weighted by molar-refractivity contribution is -0.349. The fraction of sp³-hybridized carbons (Fsp3) is 0. The number of benzene rings is 3. The molecule has 2 nitrogen and oxygen atoms in total. The van der Waals surface area contributed by atoms with Gasteiger partial charge in [-0.05, 0) is 12.1 Å². The molecule has 0 bridgehead atoms. The van der Waals surface area contributed by atoms with Crippen molar-refractivity contribution >= 4 is 0 Å². The van der Waals surface area contributed by atoms with Crippen molar-refractivity contribution in [2.24, 2.45) is 0 Å². The van der Waals surface area contributed by atoms with Crippen molar-refractivity contribution in [2.75, 3.05) is 0 Å². The molecule has 3 aromatic carbocycles. The third-order valence-electron chi connectivity index (χ3n) is 3.94. The standard InChI is InChI=1S/C21H16N2/c1-4-10-16(11-5-1)19-20(17-12-6-2-7-13-17)23-21(22-19)18-14-8-3-9-15-18/h1-15H,(H,22,23)/p+1. The first-order chi connectivity index (χ1) is 11.4. The van der Waals surface area contributed by atoms with E-state index in [9.17, 15) is 0 Å². The van der Waals surface area contributed by atoms with Crippen molar-refractivity contribution in [1.82, 2.24) is 4.98 Å². The van der Waals surface area contributed by atoms with Crippen LogP contribution in [0.5, 0.6) is 0 Å². The van der Waals surface area contributed by atoms with Crippen LogP contribution in [0.1, 0.15) is 0 Å². The number of rotatable bonds is 3. The molecule has 0 spiro atoms. The fourth-order valence-corrected chi connectivity index (χ4v) is 2.80. The molecule has 2 heteroatoms. The molecule has 4 aromatic rings. The zero-order valence-corrected chi connectivity index (χ0v) is 12.7. The number of nitrogens with one attached hydrogen (secondary N) is 2. The topological polar surface area (TPSA) is 29.9 Å². The molecule has 0 aliphatic carbocycles. The largest absolute Gasteiger partial charge is 0.285 e. The van der Waals surface area contributed by atoms with Crippen molar-refractivity contribution in [3.05, 3.63) is 91.0 Å². The van der Waals surface area contributed by atoms with Crippen LogP contribution in [0.4, 0.5) is 0 Å². The molecule has 23 heavy (non-hydrogen) atoms. The second-order valence-corrected chi connectivity index (χ2v) is 5.47. The van der Waals surface area contributed by atoms with E-state index in [1.807, 2.05) is 30.3 Å². The molecule has 0 fully saturated rings.